The molecule has 1 aliphatic heterocycles. The van der Waals surface area contributed by atoms with Crippen LogP contribution >= 0.6 is 0 Å². The van der Waals surface area contributed by atoms with Crippen molar-refractivity contribution in [3.8, 4) is 6.07 Å². The Kier molecular flexibility index (Phi) is 4.52. The third kappa shape index (κ3) is 2.98. The smallest absolute Gasteiger partial charge is 0.259 e. The molecule has 2 aromatic rings. The van der Waals surface area contributed by atoms with E-state index in [-0.39, 0.29) is 18.4 Å². The zero-order chi connectivity index (χ0) is 18.0. The molecule has 3 rings (SSSR count). The van der Waals surface area contributed by atoms with Gasteiger partial charge in [-0.25, -0.2) is 0 Å². The number of aryl methyl sites for hydroxylation is 2. The number of anilines is 1. The van der Waals surface area contributed by atoms with E-state index in [2.05, 4.69) is 11.2 Å². The number of aromatic nitrogens is 1. The predicted octanol–water partition coefficient (Wildman–Crippen LogP) is 1.91. The summed E-state index contributed by atoms with van der Waals surface area (Å²) >= 11 is 0. The number of nitriles is 1. The van der Waals surface area contributed by atoms with Crippen LogP contribution in [0, 0.1) is 18.3 Å². The van der Waals surface area contributed by atoms with Crippen LogP contribution in [-0.2, 0) is 11.2 Å². The lowest BCUT2D eigenvalue weighted by Gasteiger charge is -2.34. The molecule has 0 N–H and O–H groups in total. The van der Waals surface area contributed by atoms with Crippen molar-refractivity contribution >= 4 is 17.5 Å². The van der Waals surface area contributed by atoms with Crippen molar-refractivity contribution in [2.24, 2.45) is 0 Å². The number of rotatable bonds is 3. The topological polar surface area (TPSA) is 90.4 Å². The number of nitrogens with zero attached hydrogens (tertiary/aromatic N) is 4. The van der Waals surface area contributed by atoms with Crippen LogP contribution in [0.25, 0.3) is 0 Å². The van der Waals surface area contributed by atoms with Crippen LogP contribution in [0.5, 0.6) is 0 Å². The van der Waals surface area contributed by atoms with Gasteiger partial charge in [0.15, 0.2) is 0 Å². The molecule has 0 spiro atoms. The highest BCUT2D eigenvalue weighted by atomic mass is 16.5. The minimum atomic E-state index is -0.239. The molecule has 0 atom stereocenters. The monoisotopic (exact) mass is 338 g/mol. The Hall–Kier alpha value is -3.14. The number of amides is 2. The van der Waals surface area contributed by atoms with E-state index in [4.69, 9.17) is 4.52 Å². The van der Waals surface area contributed by atoms with Crippen molar-refractivity contribution in [3.05, 3.63) is 46.8 Å². The second kappa shape index (κ2) is 6.77. The number of hydrogen-bond donors (Lipinski definition) is 0. The minimum absolute atomic E-state index is 0.0353. The fraction of sp³-hybridized carbons (Fsp3) is 0.333. The van der Waals surface area contributed by atoms with Gasteiger partial charge in [-0.1, -0.05) is 24.2 Å². The zero-order valence-electron chi connectivity index (χ0n) is 14.2. The first-order chi connectivity index (χ1) is 12.1. The van der Waals surface area contributed by atoms with E-state index < -0.39 is 0 Å². The van der Waals surface area contributed by atoms with E-state index in [1.54, 1.807) is 36.1 Å². The molecule has 7 nitrogen and oxygen atoms in total. The third-order valence-electron chi connectivity index (χ3n) is 4.31. The summed E-state index contributed by atoms with van der Waals surface area (Å²) in [5, 5.41) is 13.1. The quantitative estimate of drug-likeness (QED) is 0.852. The van der Waals surface area contributed by atoms with Gasteiger partial charge in [-0.15, -0.1) is 0 Å². The molecule has 1 aromatic carbocycles. The van der Waals surface area contributed by atoms with Crippen LogP contribution < -0.4 is 4.90 Å². The SMILES string of the molecule is CCc1noc(C)c1C(=O)N1CCN(c2ccccc2C#N)C(=O)C1. The molecule has 2 amide bonds. The average Bonchev–Trinajstić information content (AvgIpc) is 3.01. The number of benzene rings is 1. The van der Waals surface area contributed by atoms with Crippen LogP contribution in [0.1, 0.15) is 34.3 Å². The first kappa shape index (κ1) is 16.7. The number of carbonyl (C=O) groups is 2. The van der Waals surface area contributed by atoms with E-state index in [0.717, 1.165) is 0 Å². The van der Waals surface area contributed by atoms with Gasteiger partial charge in [-0.05, 0) is 25.5 Å². The second-order valence-corrected chi connectivity index (χ2v) is 5.82. The van der Waals surface area contributed by atoms with Crippen molar-refractivity contribution in [2.45, 2.75) is 20.3 Å². The van der Waals surface area contributed by atoms with E-state index in [1.807, 2.05) is 6.92 Å². The molecule has 2 heterocycles. The Morgan fingerprint density at radius 3 is 2.80 bits per heavy atom. The molecule has 1 aromatic heterocycles. The lowest BCUT2D eigenvalue weighted by molar-refractivity contribution is -0.120. The minimum Gasteiger partial charge on any atom is -0.361 e. The van der Waals surface area contributed by atoms with Gasteiger partial charge < -0.3 is 14.3 Å². The summed E-state index contributed by atoms with van der Waals surface area (Å²) in [6.07, 6.45) is 0.585. The molecule has 0 bridgehead atoms. The maximum absolute atomic E-state index is 12.8. The predicted molar refractivity (Wildman–Crippen MR) is 90.0 cm³/mol. The Labute approximate surface area is 145 Å². The summed E-state index contributed by atoms with van der Waals surface area (Å²) < 4.78 is 5.12. The maximum Gasteiger partial charge on any atom is 0.259 e. The standard InChI is InChI=1S/C18H18N4O3/c1-3-14-17(12(2)25-20-14)18(24)21-8-9-22(16(23)11-21)15-7-5-4-6-13(15)10-19/h4-7H,3,8-9,11H2,1-2H3. The second-order valence-electron chi connectivity index (χ2n) is 5.82. The lowest BCUT2D eigenvalue weighted by atomic mass is 10.1. The summed E-state index contributed by atoms with van der Waals surface area (Å²) in [5.41, 5.74) is 2.07. The summed E-state index contributed by atoms with van der Waals surface area (Å²) in [4.78, 5) is 28.4. The Morgan fingerprint density at radius 1 is 1.36 bits per heavy atom. The van der Waals surface area contributed by atoms with Crippen LogP contribution in [0.4, 0.5) is 5.69 Å². The number of piperazine rings is 1. The van der Waals surface area contributed by atoms with Gasteiger partial charge in [0, 0.05) is 13.1 Å². The summed E-state index contributed by atoms with van der Waals surface area (Å²) in [7, 11) is 0. The van der Waals surface area contributed by atoms with Crippen molar-refractivity contribution in [1.29, 1.82) is 5.26 Å². The lowest BCUT2D eigenvalue weighted by Crippen LogP contribution is -2.52. The first-order valence-corrected chi connectivity index (χ1v) is 8.10. The number of para-hydroxylation sites is 1. The van der Waals surface area contributed by atoms with Crippen LogP contribution in [-0.4, -0.2) is 41.5 Å². The third-order valence-corrected chi connectivity index (χ3v) is 4.31. The molecule has 1 fully saturated rings. The Bertz CT molecular complexity index is 865. The van der Waals surface area contributed by atoms with Crippen LogP contribution in [0.3, 0.4) is 0 Å². The number of carbonyl (C=O) groups excluding carboxylic acids is 2. The van der Waals surface area contributed by atoms with Gasteiger partial charge >= 0.3 is 0 Å². The van der Waals surface area contributed by atoms with Gasteiger partial charge in [-0.2, -0.15) is 5.26 Å². The molecule has 1 aliphatic rings. The normalized spacial score (nSPS) is 14.5. The molecular formula is C18H18N4O3. The summed E-state index contributed by atoms with van der Waals surface area (Å²) in [5.74, 6) is 0.0122. The van der Waals surface area contributed by atoms with Gasteiger partial charge in [0.25, 0.3) is 5.91 Å². The van der Waals surface area contributed by atoms with Gasteiger partial charge in [0.1, 0.15) is 23.9 Å². The molecule has 7 heteroatoms. The average molecular weight is 338 g/mol. The van der Waals surface area contributed by atoms with E-state index in [0.29, 0.717) is 47.8 Å². The van der Waals surface area contributed by atoms with Crippen molar-refractivity contribution in [3.63, 3.8) is 0 Å². The van der Waals surface area contributed by atoms with E-state index >= 15 is 0 Å². The fourth-order valence-corrected chi connectivity index (χ4v) is 3.00. The van der Waals surface area contributed by atoms with E-state index in [1.165, 1.54) is 4.90 Å². The highest BCUT2D eigenvalue weighted by molar-refractivity contribution is 6.03. The van der Waals surface area contributed by atoms with Gasteiger partial charge in [-0.3, -0.25) is 9.59 Å². The summed E-state index contributed by atoms with van der Waals surface area (Å²) in [6, 6.07) is 9.06. The largest absolute Gasteiger partial charge is 0.361 e. The summed E-state index contributed by atoms with van der Waals surface area (Å²) in [6.45, 7) is 4.29. The molecule has 25 heavy (non-hydrogen) atoms. The molecule has 128 valence electrons. The van der Waals surface area contributed by atoms with Gasteiger partial charge in [0.05, 0.1) is 16.9 Å². The van der Waals surface area contributed by atoms with E-state index in [9.17, 15) is 14.9 Å². The molecular weight excluding hydrogens is 320 g/mol. The van der Waals surface area contributed by atoms with Crippen LogP contribution in [0.15, 0.2) is 28.8 Å². The Balaban J connectivity index is 1.80. The molecule has 1 saturated heterocycles. The highest BCUT2D eigenvalue weighted by Gasteiger charge is 2.32. The molecule has 0 aliphatic carbocycles. The van der Waals surface area contributed by atoms with Crippen molar-refractivity contribution < 1.29 is 14.1 Å². The van der Waals surface area contributed by atoms with Gasteiger partial charge in [0.2, 0.25) is 5.91 Å². The maximum atomic E-state index is 12.8. The first-order valence-electron chi connectivity index (χ1n) is 8.10. The molecule has 0 saturated carbocycles. The number of hydrogen-bond acceptors (Lipinski definition) is 5. The fourth-order valence-electron chi connectivity index (χ4n) is 3.00. The van der Waals surface area contributed by atoms with Crippen LogP contribution in [0.2, 0.25) is 0 Å². The highest BCUT2D eigenvalue weighted by Crippen LogP contribution is 2.23. The van der Waals surface area contributed by atoms with Crippen molar-refractivity contribution in [2.75, 3.05) is 24.5 Å². The molecule has 0 unspecified atom stereocenters. The Morgan fingerprint density at radius 2 is 2.12 bits per heavy atom. The van der Waals surface area contributed by atoms with Crippen molar-refractivity contribution in [1.82, 2.24) is 10.1 Å². The molecule has 0 radical (unpaired) electrons. The zero-order valence-corrected chi connectivity index (χ0v) is 14.2.